The van der Waals surface area contributed by atoms with Gasteiger partial charge in [-0.2, -0.15) is 0 Å². The summed E-state index contributed by atoms with van der Waals surface area (Å²) in [4.78, 5) is 38.1. The van der Waals surface area contributed by atoms with Gasteiger partial charge < -0.3 is 14.2 Å². The molecule has 1 unspecified atom stereocenters. The largest absolute Gasteiger partial charge is 0.462 e. The molecule has 0 N–H and O–H groups in total. The highest BCUT2D eigenvalue weighted by atomic mass is 16.6. The third-order valence-electron chi connectivity index (χ3n) is 14.6. The average molecular weight is 1040 g/mol. The van der Waals surface area contributed by atoms with E-state index < -0.39 is 6.10 Å². The molecule has 432 valence electrons. The highest BCUT2D eigenvalue weighted by molar-refractivity contribution is 5.71. The van der Waals surface area contributed by atoms with E-state index in [-0.39, 0.29) is 31.1 Å². The van der Waals surface area contributed by atoms with Gasteiger partial charge in [-0.25, -0.2) is 0 Å². The van der Waals surface area contributed by atoms with Crippen LogP contribution in [-0.2, 0) is 28.6 Å². The van der Waals surface area contributed by atoms with Gasteiger partial charge in [-0.3, -0.25) is 14.4 Å². The van der Waals surface area contributed by atoms with Crippen LogP contribution in [-0.4, -0.2) is 37.2 Å². The number of carbonyl (C=O) groups excluding carboxylic acids is 3. The third kappa shape index (κ3) is 60.2. The second-order valence-electron chi connectivity index (χ2n) is 22.0. The Hall–Kier alpha value is -2.63. The summed E-state index contributed by atoms with van der Waals surface area (Å²) in [6.07, 6.45) is 78.6. The van der Waals surface area contributed by atoms with Crippen LogP contribution in [0.1, 0.15) is 348 Å². The summed E-state index contributed by atoms with van der Waals surface area (Å²) < 4.78 is 16.9. The Labute approximate surface area is 460 Å². The molecule has 74 heavy (non-hydrogen) atoms. The Morgan fingerprint density at radius 3 is 0.757 bits per heavy atom. The molecule has 0 aromatic carbocycles. The summed E-state index contributed by atoms with van der Waals surface area (Å²) in [5.41, 5.74) is 0. The molecular formula is C68H124O6. The van der Waals surface area contributed by atoms with Crippen LogP contribution in [0.15, 0.2) is 48.6 Å². The van der Waals surface area contributed by atoms with Crippen molar-refractivity contribution < 1.29 is 28.6 Å². The maximum absolute atomic E-state index is 12.8. The standard InChI is InChI=1S/C68H124O6/c1-4-7-10-13-16-19-21-23-25-27-28-29-30-31-32-33-34-35-36-37-38-39-40-41-43-44-46-49-52-55-58-61-67(70)73-64-65(63-72-66(69)60-57-54-51-48-18-15-12-9-6-3)74-68(71)62-59-56-53-50-47-45-42-26-24-22-20-17-14-11-8-5-2/h20-23,26-28,42,65H,4-19,24-25,29-41,43-64H2,1-3H3/b22-20-,23-21-,28-27-,42-26-. The molecule has 0 rings (SSSR count). The zero-order valence-electron chi connectivity index (χ0n) is 49.6. The quantitative estimate of drug-likeness (QED) is 0.0261. The minimum absolute atomic E-state index is 0.0744. The molecule has 0 heterocycles. The maximum atomic E-state index is 12.8. The van der Waals surface area contributed by atoms with Gasteiger partial charge in [-0.15, -0.1) is 0 Å². The van der Waals surface area contributed by atoms with Crippen LogP contribution in [0.2, 0.25) is 0 Å². The molecule has 0 radical (unpaired) electrons. The molecule has 0 fully saturated rings. The van der Waals surface area contributed by atoms with Crippen molar-refractivity contribution in [2.75, 3.05) is 13.2 Å². The zero-order chi connectivity index (χ0) is 53.6. The first-order chi connectivity index (χ1) is 36.5. The number of unbranched alkanes of at least 4 members (excludes halogenated alkanes) is 41. The van der Waals surface area contributed by atoms with Crippen molar-refractivity contribution >= 4 is 17.9 Å². The van der Waals surface area contributed by atoms with Gasteiger partial charge in [0.2, 0.25) is 0 Å². The van der Waals surface area contributed by atoms with Crippen molar-refractivity contribution in [2.45, 2.75) is 354 Å². The molecule has 0 aliphatic heterocycles. The van der Waals surface area contributed by atoms with E-state index in [0.29, 0.717) is 19.3 Å². The normalized spacial score (nSPS) is 12.3. The van der Waals surface area contributed by atoms with Gasteiger partial charge >= 0.3 is 17.9 Å². The van der Waals surface area contributed by atoms with Crippen LogP contribution < -0.4 is 0 Å². The molecule has 0 aliphatic rings. The predicted molar refractivity (Wildman–Crippen MR) is 321 cm³/mol. The van der Waals surface area contributed by atoms with Crippen molar-refractivity contribution in [1.29, 1.82) is 0 Å². The topological polar surface area (TPSA) is 78.9 Å². The summed E-state index contributed by atoms with van der Waals surface area (Å²) in [5, 5.41) is 0. The van der Waals surface area contributed by atoms with E-state index in [1.165, 1.54) is 218 Å². The van der Waals surface area contributed by atoms with Gasteiger partial charge in [-0.1, -0.05) is 294 Å². The Balaban J connectivity index is 4.07. The van der Waals surface area contributed by atoms with Crippen molar-refractivity contribution in [3.8, 4) is 0 Å². The Morgan fingerprint density at radius 1 is 0.270 bits per heavy atom. The lowest BCUT2D eigenvalue weighted by molar-refractivity contribution is -0.167. The summed E-state index contributed by atoms with van der Waals surface area (Å²) >= 11 is 0. The molecule has 1 atom stereocenters. The third-order valence-corrected chi connectivity index (χ3v) is 14.6. The molecular weight excluding hydrogens is 913 g/mol. The molecule has 0 amide bonds. The zero-order valence-corrected chi connectivity index (χ0v) is 49.6. The van der Waals surface area contributed by atoms with Gasteiger partial charge in [0, 0.05) is 19.3 Å². The van der Waals surface area contributed by atoms with Crippen LogP contribution in [0.5, 0.6) is 0 Å². The minimum atomic E-state index is -0.776. The van der Waals surface area contributed by atoms with Gasteiger partial charge in [0.25, 0.3) is 0 Å². The SMILES string of the molecule is CCCCCC/C=C\C/C=C\CCCCCCCC(=O)OC(COC(=O)CCCCCCCCCCC)COC(=O)CCCCCCCCCCCCCCCCCCCCC/C=C\C/C=C\CCCCCCC. The van der Waals surface area contributed by atoms with Crippen LogP contribution in [0.4, 0.5) is 0 Å². The van der Waals surface area contributed by atoms with E-state index in [0.717, 1.165) is 89.9 Å². The number of rotatable bonds is 60. The first kappa shape index (κ1) is 71.4. The number of esters is 3. The monoisotopic (exact) mass is 1040 g/mol. The van der Waals surface area contributed by atoms with Crippen molar-refractivity contribution in [2.24, 2.45) is 0 Å². The van der Waals surface area contributed by atoms with Gasteiger partial charge in [0.1, 0.15) is 13.2 Å². The van der Waals surface area contributed by atoms with Crippen molar-refractivity contribution in [3.63, 3.8) is 0 Å². The molecule has 0 bridgehead atoms. The minimum Gasteiger partial charge on any atom is -0.462 e. The van der Waals surface area contributed by atoms with Crippen LogP contribution in [0, 0.1) is 0 Å². The Morgan fingerprint density at radius 2 is 0.486 bits per heavy atom. The number of hydrogen-bond donors (Lipinski definition) is 0. The van der Waals surface area contributed by atoms with Crippen LogP contribution >= 0.6 is 0 Å². The molecule has 0 saturated heterocycles. The number of carbonyl (C=O) groups is 3. The number of ether oxygens (including phenoxy) is 3. The average Bonchev–Trinajstić information content (AvgIpc) is 3.40. The van der Waals surface area contributed by atoms with Gasteiger partial charge in [0.15, 0.2) is 6.10 Å². The highest BCUT2D eigenvalue weighted by Crippen LogP contribution is 2.17. The molecule has 0 aromatic heterocycles. The molecule has 0 spiro atoms. The van der Waals surface area contributed by atoms with Gasteiger partial charge in [-0.05, 0) is 83.5 Å². The number of allylic oxidation sites excluding steroid dienone is 8. The van der Waals surface area contributed by atoms with E-state index in [1.807, 2.05) is 0 Å². The lowest BCUT2D eigenvalue weighted by Gasteiger charge is -2.18. The fraction of sp³-hybridized carbons (Fsp3) is 0.838. The summed E-state index contributed by atoms with van der Waals surface area (Å²) in [6.45, 7) is 6.62. The van der Waals surface area contributed by atoms with Gasteiger partial charge in [0.05, 0.1) is 0 Å². The van der Waals surface area contributed by atoms with Crippen LogP contribution in [0.25, 0.3) is 0 Å². The van der Waals surface area contributed by atoms with E-state index in [4.69, 9.17) is 14.2 Å². The maximum Gasteiger partial charge on any atom is 0.306 e. The molecule has 0 saturated carbocycles. The predicted octanol–water partition coefficient (Wildman–Crippen LogP) is 22.2. The second-order valence-corrected chi connectivity index (χ2v) is 22.0. The first-order valence-corrected chi connectivity index (χ1v) is 32.6. The molecule has 6 nitrogen and oxygen atoms in total. The second kappa shape index (κ2) is 62.9. The lowest BCUT2D eigenvalue weighted by atomic mass is 10.0. The molecule has 6 heteroatoms. The Kier molecular flexibility index (Phi) is 60.7. The highest BCUT2D eigenvalue weighted by Gasteiger charge is 2.19. The summed E-state index contributed by atoms with van der Waals surface area (Å²) in [7, 11) is 0. The van der Waals surface area contributed by atoms with Crippen molar-refractivity contribution in [3.05, 3.63) is 48.6 Å². The summed E-state index contributed by atoms with van der Waals surface area (Å²) in [5.74, 6) is -0.872. The first-order valence-electron chi connectivity index (χ1n) is 32.6. The molecule has 0 aromatic rings. The van der Waals surface area contributed by atoms with E-state index in [2.05, 4.69) is 69.4 Å². The van der Waals surface area contributed by atoms with E-state index in [9.17, 15) is 14.4 Å². The number of hydrogen-bond acceptors (Lipinski definition) is 6. The van der Waals surface area contributed by atoms with Crippen molar-refractivity contribution in [1.82, 2.24) is 0 Å². The lowest BCUT2D eigenvalue weighted by Crippen LogP contribution is -2.30. The van der Waals surface area contributed by atoms with Crippen LogP contribution in [0.3, 0.4) is 0 Å². The fourth-order valence-corrected chi connectivity index (χ4v) is 9.62. The summed E-state index contributed by atoms with van der Waals surface area (Å²) in [6, 6.07) is 0. The fourth-order valence-electron chi connectivity index (χ4n) is 9.62. The molecule has 0 aliphatic carbocycles. The smallest absolute Gasteiger partial charge is 0.306 e. The Bertz CT molecular complexity index is 1280. The van der Waals surface area contributed by atoms with E-state index >= 15 is 0 Å². The van der Waals surface area contributed by atoms with E-state index in [1.54, 1.807) is 0 Å².